The molecule has 24 heavy (non-hydrogen) atoms. The van der Waals surface area contributed by atoms with Crippen molar-refractivity contribution in [3.63, 3.8) is 0 Å². The first-order chi connectivity index (χ1) is 11.2. The lowest BCUT2D eigenvalue weighted by Crippen LogP contribution is -2.17. The normalized spacial score (nSPS) is 11.0. The Kier molecular flexibility index (Phi) is 4.87. The van der Waals surface area contributed by atoms with Crippen molar-refractivity contribution in [3.8, 4) is 0 Å². The molecule has 2 amide bonds. The topological polar surface area (TPSA) is 58.2 Å². The van der Waals surface area contributed by atoms with Crippen LogP contribution in [-0.2, 0) is 11.0 Å². The molecule has 0 saturated carbocycles. The summed E-state index contributed by atoms with van der Waals surface area (Å²) in [5, 5.41) is 4.38. The van der Waals surface area contributed by atoms with E-state index in [-0.39, 0.29) is 11.3 Å². The average Bonchev–Trinajstić information content (AvgIpc) is 2.47. The highest BCUT2D eigenvalue weighted by molar-refractivity contribution is 6.04. The predicted molar refractivity (Wildman–Crippen MR) is 80.1 cm³/mol. The number of halogens is 4. The van der Waals surface area contributed by atoms with Crippen LogP contribution in [-0.4, -0.2) is 11.8 Å². The second-order valence-electron chi connectivity index (χ2n) is 4.90. The van der Waals surface area contributed by atoms with Crippen molar-refractivity contribution in [3.05, 3.63) is 59.4 Å². The zero-order valence-corrected chi connectivity index (χ0v) is 12.4. The molecule has 0 bridgehead atoms. The van der Waals surface area contributed by atoms with E-state index in [1.54, 1.807) is 0 Å². The van der Waals surface area contributed by atoms with Gasteiger partial charge < -0.3 is 10.6 Å². The van der Waals surface area contributed by atoms with Crippen LogP contribution in [0.25, 0.3) is 0 Å². The van der Waals surface area contributed by atoms with Crippen LogP contribution in [0.3, 0.4) is 0 Å². The summed E-state index contributed by atoms with van der Waals surface area (Å²) in [5.41, 5.74) is -1.61. The van der Waals surface area contributed by atoms with E-state index in [2.05, 4.69) is 10.6 Å². The maximum atomic E-state index is 13.2. The number of carbonyl (C=O) groups excluding carboxylic acids is 2. The second kappa shape index (κ2) is 6.69. The number of rotatable bonds is 3. The third-order valence-corrected chi connectivity index (χ3v) is 3.00. The molecule has 0 unspecified atom stereocenters. The lowest BCUT2D eigenvalue weighted by molar-refractivity contribution is -0.137. The summed E-state index contributed by atoms with van der Waals surface area (Å²) >= 11 is 0. The number of hydrogen-bond donors (Lipinski definition) is 2. The summed E-state index contributed by atoms with van der Waals surface area (Å²) in [6.07, 6.45) is -4.74. The van der Waals surface area contributed by atoms with Gasteiger partial charge in [0.2, 0.25) is 5.91 Å². The molecular formula is C16H12F4N2O2. The molecule has 0 spiro atoms. The molecule has 2 aromatic rings. The highest BCUT2D eigenvalue weighted by atomic mass is 19.4. The number of carbonyl (C=O) groups is 2. The number of hydrogen-bond acceptors (Lipinski definition) is 2. The van der Waals surface area contributed by atoms with Crippen LogP contribution in [0.4, 0.5) is 28.9 Å². The van der Waals surface area contributed by atoms with Gasteiger partial charge in [-0.1, -0.05) is 0 Å². The number of nitrogens with one attached hydrogen (secondary N) is 2. The summed E-state index contributed by atoms with van der Waals surface area (Å²) in [5.74, 6) is -1.90. The number of benzene rings is 2. The fraction of sp³-hybridized carbons (Fsp3) is 0.125. The SMILES string of the molecule is CC(=O)Nc1ccc(NC(=O)c2ccc(F)cc2)c(C(F)(F)F)c1. The van der Waals surface area contributed by atoms with E-state index in [4.69, 9.17) is 0 Å². The Balaban J connectivity index is 2.33. The van der Waals surface area contributed by atoms with E-state index in [1.807, 2.05) is 0 Å². The summed E-state index contributed by atoms with van der Waals surface area (Å²) in [6, 6.07) is 7.36. The molecule has 126 valence electrons. The molecular weight excluding hydrogens is 328 g/mol. The Morgan fingerprint density at radius 2 is 1.58 bits per heavy atom. The van der Waals surface area contributed by atoms with E-state index in [1.165, 1.54) is 6.07 Å². The number of amides is 2. The quantitative estimate of drug-likeness (QED) is 0.828. The molecule has 8 heteroatoms. The van der Waals surface area contributed by atoms with Gasteiger partial charge in [-0.2, -0.15) is 13.2 Å². The fourth-order valence-corrected chi connectivity index (χ4v) is 1.96. The van der Waals surface area contributed by atoms with E-state index in [9.17, 15) is 27.2 Å². The Morgan fingerprint density at radius 1 is 0.958 bits per heavy atom. The van der Waals surface area contributed by atoms with Crippen LogP contribution < -0.4 is 10.6 Å². The molecule has 0 aliphatic rings. The van der Waals surface area contributed by atoms with Gasteiger partial charge in [0, 0.05) is 18.2 Å². The van der Waals surface area contributed by atoms with Gasteiger partial charge in [0.05, 0.1) is 11.3 Å². The van der Waals surface area contributed by atoms with Crippen molar-refractivity contribution >= 4 is 23.2 Å². The van der Waals surface area contributed by atoms with Gasteiger partial charge in [-0.3, -0.25) is 9.59 Å². The van der Waals surface area contributed by atoms with Crippen molar-refractivity contribution in [2.45, 2.75) is 13.1 Å². The summed E-state index contributed by atoms with van der Waals surface area (Å²) < 4.78 is 52.3. The highest BCUT2D eigenvalue weighted by Crippen LogP contribution is 2.36. The molecule has 4 nitrogen and oxygen atoms in total. The lowest BCUT2D eigenvalue weighted by atomic mass is 10.1. The Labute approximate surface area is 134 Å². The van der Waals surface area contributed by atoms with E-state index >= 15 is 0 Å². The Bertz CT molecular complexity index is 771. The highest BCUT2D eigenvalue weighted by Gasteiger charge is 2.34. The van der Waals surface area contributed by atoms with Gasteiger partial charge in [-0.15, -0.1) is 0 Å². The molecule has 2 N–H and O–H groups in total. The molecule has 0 aromatic heterocycles. The summed E-state index contributed by atoms with van der Waals surface area (Å²) in [6.45, 7) is 1.16. The van der Waals surface area contributed by atoms with E-state index in [0.717, 1.165) is 43.3 Å². The maximum absolute atomic E-state index is 13.2. The van der Waals surface area contributed by atoms with Gasteiger partial charge >= 0.3 is 6.18 Å². The lowest BCUT2D eigenvalue weighted by Gasteiger charge is -2.15. The van der Waals surface area contributed by atoms with Crippen molar-refractivity contribution < 1.29 is 27.2 Å². The van der Waals surface area contributed by atoms with Crippen LogP contribution in [0, 0.1) is 5.82 Å². The molecule has 0 heterocycles. The molecule has 0 aliphatic carbocycles. The molecule has 2 rings (SSSR count). The average molecular weight is 340 g/mol. The first-order valence-corrected chi connectivity index (χ1v) is 6.72. The molecule has 0 radical (unpaired) electrons. The monoisotopic (exact) mass is 340 g/mol. The van der Waals surface area contributed by atoms with Crippen LogP contribution in [0.5, 0.6) is 0 Å². The minimum atomic E-state index is -4.74. The molecule has 0 fully saturated rings. The van der Waals surface area contributed by atoms with Crippen molar-refractivity contribution in [2.75, 3.05) is 10.6 Å². The van der Waals surface area contributed by atoms with Gasteiger partial charge in [-0.25, -0.2) is 4.39 Å². The molecule has 0 saturated heterocycles. The largest absolute Gasteiger partial charge is 0.418 e. The van der Waals surface area contributed by atoms with Crippen LogP contribution in [0.1, 0.15) is 22.8 Å². The van der Waals surface area contributed by atoms with Crippen molar-refractivity contribution in [2.24, 2.45) is 0 Å². The third kappa shape index (κ3) is 4.31. The van der Waals surface area contributed by atoms with E-state index in [0.29, 0.717) is 0 Å². The zero-order chi connectivity index (χ0) is 17.9. The molecule has 0 aliphatic heterocycles. The smallest absolute Gasteiger partial charge is 0.326 e. The molecule has 2 aromatic carbocycles. The van der Waals surface area contributed by atoms with Gasteiger partial charge in [0.1, 0.15) is 5.82 Å². The first kappa shape index (κ1) is 17.5. The Hall–Kier alpha value is -2.90. The second-order valence-corrected chi connectivity index (χ2v) is 4.90. The van der Waals surface area contributed by atoms with Crippen molar-refractivity contribution in [1.29, 1.82) is 0 Å². The zero-order valence-electron chi connectivity index (χ0n) is 12.4. The van der Waals surface area contributed by atoms with Crippen molar-refractivity contribution in [1.82, 2.24) is 0 Å². The van der Waals surface area contributed by atoms with Gasteiger partial charge in [0.15, 0.2) is 0 Å². The summed E-state index contributed by atoms with van der Waals surface area (Å²) in [4.78, 5) is 23.0. The minimum absolute atomic E-state index is 0.00969. The standard InChI is InChI=1S/C16H12F4N2O2/c1-9(23)21-12-6-7-14(13(8-12)16(18,19)20)22-15(24)10-2-4-11(17)5-3-10/h2-8H,1H3,(H,21,23)(H,22,24). The first-order valence-electron chi connectivity index (χ1n) is 6.72. The van der Waals surface area contributed by atoms with Crippen LogP contribution in [0.2, 0.25) is 0 Å². The van der Waals surface area contributed by atoms with Crippen LogP contribution >= 0.6 is 0 Å². The Morgan fingerprint density at radius 3 is 2.12 bits per heavy atom. The maximum Gasteiger partial charge on any atom is 0.418 e. The molecule has 0 atom stereocenters. The minimum Gasteiger partial charge on any atom is -0.326 e. The fourth-order valence-electron chi connectivity index (χ4n) is 1.96. The van der Waals surface area contributed by atoms with Gasteiger partial charge in [-0.05, 0) is 42.5 Å². The summed E-state index contributed by atoms with van der Waals surface area (Å²) in [7, 11) is 0. The number of anilines is 2. The predicted octanol–water partition coefficient (Wildman–Crippen LogP) is 4.06. The van der Waals surface area contributed by atoms with E-state index < -0.39 is 35.1 Å². The number of alkyl halides is 3. The third-order valence-electron chi connectivity index (χ3n) is 3.00. The van der Waals surface area contributed by atoms with Crippen LogP contribution in [0.15, 0.2) is 42.5 Å². The van der Waals surface area contributed by atoms with Gasteiger partial charge in [0.25, 0.3) is 5.91 Å².